The first-order chi connectivity index (χ1) is 15.8. The van der Waals surface area contributed by atoms with Gasteiger partial charge in [-0.05, 0) is 53.4 Å². The maximum atomic E-state index is 13.2. The van der Waals surface area contributed by atoms with Crippen LogP contribution in [0.25, 0.3) is 0 Å². The van der Waals surface area contributed by atoms with E-state index in [0.29, 0.717) is 17.5 Å². The SMILES string of the molecule is O=C1c2cc(Cc3ccc(F)cc3)cnc2C(=O)c2c1c(O)n(Cc1ccc(F)cc1)c2O. The number of carbonyl (C=O) groups excluding carboxylic acids is 2. The number of hydrogen-bond donors (Lipinski definition) is 2. The van der Waals surface area contributed by atoms with Gasteiger partial charge in [0.1, 0.15) is 22.9 Å². The topological polar surface area (TPSA) is 92.4 Å². The molecule has 5 rings (SSSR count). The predicted molar refractivity (Wildman–Crippen MR) is 114 cm³/mol. The third kappa shape index (κ3) is 3.45. The number of aromatic nitrogens is 2. The minimum Gasteiger partial charge on any atom is -0.494 e. The molecule has 0 saturated carbocycles. The Balaban J connectivity index is 1.53. The molecule has 0 aliphatic heterocycles. The molecule has 2 aromatic heterocycles. The Morgan fingerprint density at radius 2 is 1.30 bits per heavy atom. The number of aromatic hydroxyl groups is 2. The summed E-state index contributed by atoms with van der Waals surface area (Å²) in [7, 11) is 0. The molecule has 8 heteroatoms. The summed E-state index contributed by atoms with van der Waals surface area (Å²) in [6.07, 6.45) is 1.81. The summed E-state index contributed by atoms with van der Waals surface area (Å²) in [4.78, 5) is 30.4. The zero-order valence-corrected chi connectivity index (χ0v) is 17.0. The quantitative estimate of drug-likeness (QED) is 0.436. The van der Waals surface area contributed by atoms with E-state index in [1.807, 2.05) is 0 Å². The molecular weight excluding hydrogens is 430 g/mol. The summed E-state index contributed by atoms with van der Waals surface area (Å²) in [6, 6.07) is 12.8. The lowest BCUT2D eigenvalue weighted by molar-refractivity contribution is 0.0972. The number of hydrogen-bond acceptors (Lipinski definition) is 5. The molecule has 2 heterocycles. The van der Waals surface area contributed by atoms with Crippen LogP contribution < -0.4 is 0 Å². The van der Waals surface area contributed by atoms with Crippen LogP contribution in [0.3, 0.4) is 0 Å². The lowest BCUT2D eigenvalue weighted by Crippen LogP contribution is -2.21. The number of fused-ring (bicyclic) bond motifs is 2. The highest BCUT2D eigenvalue weighted by molar-refractivity contribution is 6.29. The fourth-order valence-electron chi connectivity index (χ4n) is 4.00. The molecule has 1 aliphatic rings. The van der Waals surface area contributed by atoms with E-state index in [1.165, 1.54) is 48.7 Å². The van der Waals surface area contributed by atoms with Crippen LogP contribution in [0.15, 0.2) is 60.8 Å². The normalized spacial score (nSPS) is 12.5. The summed E-state index contributed by atoms with van der Waals surface area (Å²) in [5.41, 5.74) is 1.25. The number of carbonyl (C=O) groups is 2. The Hall–Kier alpha value is -4.33. The van der Waals surface area contributed by atoms with Crippen LogP contribution in [0.5, 0.6) is 11.8 Å². The molecule has 0 radical (unpaired) electrons. The average Bonchev–Trinajstić information content (AvgIpc) is 3.05. The fourth-order valence-corrected chi connectivity index (χ4v) is 4.00. The second-order valence-corrected chi connectivity index (χ2v) is 7.81. The third-order valence-electron chi connectivity index (χ3n) is 5.64. The number of ketones is 2. The zero-order valence-electron chi connectivity index (χ0n) is 17.0. The van der Waals surface area contributed by atoms with Crippen molar-refractivity contribution in [3.8, 4) is 11.8 Å². The van der Waals surface area contributed by atoms with E-state index in [0.717, 1.165) is 10.1 Å². The van der Waals surface area contributed by atoms with Gasteiger partial charge in [0.2, 0.25) is 23.3 Å². The zero-order chi connectivity index (χ0) is 23.3. The number of pyridine rings is 1. The highest BCUT2D eigenvalue weighted by Crippen LogP contribution is 2.40. The fraction of sp³-hybridized carbons (Fsp3) is 0.0800. The highest BCUT2D eigenvalue weighted by Gasteiger charge is 2.39. The Kier molecular flexibility index (Phi) is 4.78. The van der Waals surface area contributed by atoms with Gasteiger partial charge in [0, 0.05) is 6.20 Å². The van der Waals surface area contributed by atoms with Crippen LogP contribution in [0, 0.1) is 11.6 Å². The first-order valence-electron chi connectivity index (χ1n) is 10.0. The summed E-state index contributed by atoms with van der Waals surface area (Å²) in [5, 5.41) is 21.4. The lowest BCUT2D eigenvalue weighted by Gasteiger charge is -2.14. The van der Waals surface area contributed by atoms with Gasteiger partial charge in [0.15, 0.2) is 0 Å². The molecule has 0 amide bonds. The van der Waals surface area contributed by atoms with Gasteiger partial charge in [0.25, 0.3) is 0 Å². The minimum absolute atomic E-state index is 0.0151. The van der Waals surface area contributed by atoms with Crippen molar-refractivity contribution < 1.29 is 28.6 Å². The monoisotopic (exact) mass is 446 g/mol. The average molecular weight is 446 g/mol. The van der Waals surface area contributed by atoms with Crippen molar-refractivity contribution in [3.63, 3.8) is 0 Å². The minimum atomic E-state index is -0.682. The van der Waals surface area contributed by atoms with Crippen molar-refractivity contribution in [3.05, 3.63) is 112 Å². The molecule has 6 nitrogen and oxygen atoms in total. The Morgan fingerprint density at radius 3 is 1.91 bits per heavy atom. The van der Waals surface area contributed by atoms with Crippen LogP contribution in [-0.2, 0) is 13.0 Å². The van der Waals surface area contributed by atoms with Crippen molar-refractivity contribution in [2.45, 2.75) is 13.0 Å². The van der Waals surface area contributed by atoms with Gasteiger partial charge in [-0.25, -0.2) is 8.78 Å². The van der Waals surface area contributed by atoms with Gasteiger partial charge in [0.05, 0.1) is 17.7 Å². The summed E-state index contributed by atoms with van der Waals surface area (Å²) in [6.45, 7) is -0.0783. The highest BCUT2D eigenvalue weighted by atomic mass is 19.1. The summed E-state index contributed by atoms with van der Waals surface area (Å²) < 4.78 is 27.4. The van der Waals surface area contributed by atoms with E-state index in [4.69, 9.17) is 0 Å². The predicted octanol–water partition coefficient (Wildman–Crippen LogP) is 3.99. The second-order valence-electron chi connectivity index (χ2n) is 7.81. The van der Waals surface area contributed by atoms with E-state index in [9.17, 15) is 28.6 Å². The largest absolute Gasteiger partial charge is 0.494 e. The molecule has 0 spiro atoms. The van der Waals surface area contributed by atoms with Crippen LogP contribution in [-0.4, -0.2) is 31.3 Å². The van der Waals surface area contributed by atoms with E-state index in [2.05, 4.69) is 4.98 Å². The molecule has 4 aromatic rings. The van der Waals surface area contributed by atoms with Gasteiger partial charge < -0.3 is 10.2 Å². The van der Waals surface area contributed by atoms with Gasteiger partial charge in [-0.1, -0.05) is 24.3 Å². The molecule has 2 N–H and O–H groups in total. The van der Waals surface area contributed by atoms with Crippen LogP contribution in [0.4, 0.5) is 8.78 Å². The van der Waals surface area contributed by atoms with Crippen molar-refractivity contribution in [2.24, 2.45) is 0 Å². The molecule has 0 saturated heterocycles. The molecule has 0 unspecified atom stereocenters. The molecule has 33 heavy (non-hydrogen) atoms. The van der Waals surface area contributed by atoms with Gasteiger partial charge in [-0.2, -0.15) is 0 Å². The van der Waals surface area contributed by atoms with Gasteiger partial charge in [-0.15, -0.1) is 0 Å². The lowest BCUT2D eigenvalue weighted by atomic mass is 9.88. The van der Waals surface area contributed by atoms with Crippen LogP contribution >= 0.6 is 0 Å². The van der Waals surface area contributed by atoms with Gasteiger partial charge >= 0.3 is 0 Å². The first-order valence-corrected chi connectivity index (χ1v) is 10.0. The summed E-state index contributed by atoms with van der Waals surface area (Å²) >= 11 is 0. The van der Waals surface area contributed by atoms with Crippen molar-refractivity contribution in [1.82, 2.24) is 9.55 Å². The summed E-state index contributed by atoms with van der Waals surface area (Å²) in [5.74, 6) is -3.25. The molecule has 0 fully saturated rings. The van der Waals surface area contributed by atoms with Crippen LogP contribution in [0.1, 0.15) is 48.7 Å². The number of nitrogens with zero attached hydrogens (tertiary/aromatic N) is 2. The smallest absolute Gasteiger partial charge is 0.218 e. The molecule has 0 atom stereocenters. The number of halogens is 2. The molecule has 164 valence electrons. The Bertz CT molecular complexity index is 1420. The number of benzene rings is 2. The van der Waals surface area contributed by atoms with Gasteiger partial charge in [-0.3, -0.25) is 19.1 Å². The third-order valence-corrected chi connectivity index (χ3v) is 5.64. The van der Waals surface area contributed by atoms with E-state index in [1.54, 1.807) is 12.1 Å². The van der Waals surface area contributed by atoms with Crippen molar-refractivity contribution in [2.75, 3.05) is 0 Å². The number of rotatable bonds is 4. The van der Waals surface area contributed by atoms with E-state index in [-0.39, 0.29) is 34.7 Å². The Morgan fingerprint density at radius 1 is 0.758 bits per heavy atom. The molecule has 2 aromatic carbocycles. The van der Waals surface area contributed by atoms with Crippen LogP contribution in [0.2, 0.25) is 0 Å². The molecule has 0 bridgehead atoms. The first kappa shape index (κ1) is 20.6. The Labute approximate surface area is 186 Å². The standard InChI is InChI=1S/C25H16F2N2O4/c26-16-5-1-13(2-6-16)9-15-10-18-21(28-11-15)23(31)20-19(22(18)30)24(32)29(25(20)33)12-14-3-7-17(27)8-4-14/h1-8,10-11,32-33H,9,12H2. The molecule has 1 aliphatic carbocycles. The maximum absolute atomic E-state index is 13.2. The van der Waals surface area contributed by atoms with Crippen molar-refractivity contribution in [1.29, 1.82) is 0 Å². The van der Waals surface area contributed by atoms with E-state index >= 15 is 0 Å². The van der Waals surface area contributed by atoms with E-state index < -0.39 is 29.1 Å². The van der Waals surface area contributed by atoms with Crippen molar-refractivity contribution >= 4 is 11.6 Å². The molecular formula is C25H16F2N2O4. The second kappa shape index (κ2) is 7.67. The maximum Gasteiger partial charge on any atom is 0.218 e.